The van der Waals surface area contributed by atoms with Crippen LogP contribution in [0.4, 0.5) is 0 Å². The molecule has 1 aliphatic rings. The van der Waals surface area contributed by atoms with Gasteiger partial charge < -0.3 is 37.5 Å². The average molecular weight is 362 g/mol. The molecule has 25 heavy (non-hydrogen) atoms. The molecule has 0 bridgehead atoms. The molecule has 1 fully saturated rings. The molecule has 1 rings (SSSR count). The van der Waals surface area contributed by atoms with Crippen molar-refractivity contribution in [2.75, 3.05) is 13.1 Å². The second-order valence-electron chi connectivity index (χ2n) is 5.88. The maximum absolute atomic E-state index is 11.4. The number of hydrogen-bond donors (Lipinski definition) is 6. The number of carbonyl (C=O) groups is 3. The molecule has 0 aromatic carbocycles. The smallest absolute Gasteiger partial charge is 0.324 e. The second-order valence-corrected chi connectivity index (χ2v) is 5.88. The van der Waals surface area contributed by atoms with E-state index in [0.717, 1.165) is 32.2 Å². The zero-order chi connectivity index (χ0) is 19.4. The summed E-state index contributed by atoms with van der Waals surface area (Å²) in [6.45, 7) is 2.82. The van der Waals surface area contributed by atoms with Crippen molar-refractivity contribution in [2.24, 2.45) is 17.2 Å². The van der Waals surface area contributed by atoms with Gasteiger partial charge in [0.15, 0.2) is 0 Å². The Kier molecular flexibility index (Phi) is 11.7. The molecule has 0 radical (unpaired) electrons. The largest absolute Gasteiger partial charge is 0.480 e. The fraction of sp³-hybridized carbons (Fsp3) is 0.800. The Morgan fingerprint density at radius 2 is 1.88 bits per heavy atom. The molecule has 0 aliphatic carbocycles. The lowest BCUT2D eigenvalue weighted by Crippen LogP contribution is -2.45. The molecule has 0 spiro atoms. The highest BCUT2D eigenvalue weighted by Crippen LogP contribution is 2.04. The third-order valence-corrected chi connectivity index (χ3v) is 3.72. The fourth-order valence-electron chi connectivity index (χ4n) is 2.07. The topological polar surface area (TPSA) is 191 Å². The molecule has 0 unspecified atom stereocenters. The Hall–Kier alpha value is -1.75. The third-order valence-electron chi connectivity index (χ3n) is 3.72. The van der Waals surface area contributed by atoms with E-state index in [4.69, 9.17) is 32.2 Å². The summed E-state index contributed by atoms with van der Waals surface area (Å²) in [6, 6.07) is -2.27. The second kappa shape index (κ2) is 12.6. The van der Waals surface area contributed by atoms with Crippen LogP contribution >= 0.6 is 0 Å². The van der Waals surface area contributed by atoms with Crippen molar-refractivity contribution in [3.05, 3.63) is 0 Å². The predicted molar refractivity (Wildman–Crippen MR) is 90.7 cm³/mol. The van der Waals surface area contributed by atoms with Crippen molar-refractivity contribution in [1.29, 1.82) is 0 Å². The molecule has 1 saturated heterocycles. The number of hydrogen-bond acceptors (Lipinski definition) is 8. The Labute approximate surface area is 147 Å². The van der Waals surface area contributed by atoms with Crippen LogP contribution in [0.2, 0.25) is 0 Å². The van der Waals surface area contributed by atoms with Crippen LogP contribution in [0.15, 0.2) is 0 Å². The fourth-order valence-corrected chi connectivity index (χ4v) is 2.07. The summed E-state index contributed by atoms with van der Waals surface area (Å²) in [4.78, 5) is 32.1. The minimum absolute atomic E-state index is 0.269. The summed E-state index contributed by atoms with van der Waals surface area (Å²) in [5.74, 6) is -2.57. The number of nitrogens with two attached hydrogens (primary N) is 3. The molecule has 10 nitrogen and oxygen atoms in total. The quantitative estimate of drug-likeness (QED) is 0.210. The van der Waals surface area contributed by atoms with Crippen molar-refractivity contribution < 1.29 is 29.3 Å². The van der Waals surface area contributed by atoms with Crippen LogP contribution in [0.25, 0.3) is 0 Å². The highest BCUT2D eigenvalue weighted by atomic mass is 16.5. The molecular weight excluding hydrogens is 332 g/mol. The van der Waals surface area contributed by atoms with Crippen molar-refractivity contribution in [3.63, 3.8) is 0 Å². The third kappa shape index (κ3) is 9.97. The van der Waals surface area contributed by atoms with E-state index in [0.29, 0.717) is 13.0 Å². The Morgan fingerprint density at radius 3 is 2.28 bits per heavy atom. The van der Waals surface area contributed by atoms with Gasteiger partial charge in [0.05, 0.1) is 0 Å². The van der Waals surface area contributed by atoms with E-state index in [-0.39, 0.29) is 6.04 Å². The van der Waals surface area contributed by atoms with Crippen molar-refractivity contribution in [3.8, 4) is 0 Å². The lowest BCUT2D eigenvalue weighted by Gasteiger charge is -2.19. The first-order valence-electron chi connectivity index (χ1n) is 8.31. The first kappa shape index (κ1) is 23.2. The number of ether oxygens (including phenoxy) is 1. The van der Waals surface area contributed by atoms with Gasteiger partial charge in [0.1, 0.15) is 24.2 Å². The van der Waals surface area contributed by atoms with Crippen molar-refractivity contribution in [1.82, 2.24) is 5.32 Å². The van der Waals surface area contributed by atoms with E-state index < -0.39 is 36.1 Å². The molecule has 146 valence electrons. The SMILES string of the molecule is C[C@@H](OC(=O)[C@@H](N)CCCCN)[C@H](N)C(=O)O.O=C(O)[C@@H]1CCCN1. The van der Waals surface area contributed by atoms with E-state index in [1.54, 1.807) is 0 Å². The molecule has 0 aromatic heterocycles. The van der Waals surface area contributed by atoms with Crippen LogP contribution in [-0.4, -0.2) is 65.4 Å². The lowest BCUT2D eigenvalue weighted by molar-refractivity contribution is -0.155. The first-order chi connectivity index (χ1) is 11.7. The Balaban J connectivity index is 0.000000593. The molecule has 0 amide bonds. The number of carboxylic acids is 2. The minimum atomic E-state index is -1.24. The van der Waals surface area contributed by atoms with E-state index in [2.05, 4.69) is 5.32 Å². The van der Waals surface area contributed by atoms with E-state index in [1.165, 1.54) is 6.92 Å². The summed E-state index contributed by atoms with van der Waals surface area (Å²) in [6.07, 6.45) is 2.86. The number of carboxylic acid groups (broad SMARTS) is 2. The van der Waals surface area contributed by atoms with Crippen molar-refractivity contribution >= 4 is 17.9 Å². The van der Waals surface area contributed by atoms with Gasteiger partial charge in [-0.15, -0.1) is 0 Å². The number of unbranched alkanes of at least 4 members (excludes halogenated alkanes) is 1. The lowest BCUT2D eigenvalue weighted by atomic mass is 10.1. The van der Waals surface area contributed by atoms with Gasteiger partial charge in [-0.1, -0.05) is 6.42 Å². The van der Waals surface area contributed by atoms with Gasteiger partial charge in [-0.2, -0.15) is 0 Å². The summed E-state index contributed by atoms with van der Waals surface area (Å²) in [5, 5.41) is 19.8. The van der Waals surface area contributed by atoms with Crippen LogP contribution in [-0.2, 0) is 19.1 Å². The zero-order valence-electron chi connectivity index (χ0n) is 14.5. The highest BCUT2D eigenvalue weighted by Gasteiger charge is 2.25. The molecule has 9 N–H and O–H groups in total. The van der Waals surface area contributed by atoms with Crippen LogP contribution < -0.4 is 22.5 Å². The minimum Gasteiger partial charge on any atom is -0.480 e. The molecular formula is C15H30N4O6. The predicted octanol–water partition coefficient (Wildman–Crippen LogP) is -1.39. The highest BCUT2D eigenvalue weighted by molar-refractivity contribution is 5.77. The first-order valence-corrected chi connectivity index (χ1v) is 8.31. The Morgan fingerprint density at radius 1 is 1.24 bits per heavy atom. The maximum Gasteiger partial charge on any atom is 0.324 e. The maximum atomic E-state index is 11.4. The number of esters is 1. The molecule has 1 aliphatic heterocycles. The van der Waals surface area contributed by atoms with Crippen molar-refractivity contribution in [2.45, 2.75) is 63.3 Å². The molecule has 1 heterocycles. The average Bonchev–Trinajstić information content (AvgIpc) is 3.09. The summed E-state index contributed by atoms with van der Waals surface area (Å²) < 4.78 is 4.86. The number of aliphatic carboxylic acids is 2. The van der Waals surface area contributed by atoms with Crippen LogP contribution in [0.5, 0.6) is 0 Å². The number of nitrogens with one attached hydrogen (secondary N) is 1. The molecule has 4 atom stereocenters. The zero-order valence-corrected chi connectivity index (χ0v) is 14.5. The van der Waals surface area contributed by atoms with Gasteiger partial charge in [0.25, 0.3) is 0 Å². The molecule has 10 heteroatoms. The van der Waals surface area contributed by atoms with E-state index in [9.17, 15) is 14.4 Å². The van der Waals surface area contributed by atoms with Gasteiger partial charge in [0.2, 0.25) is 0 Å². The number of carbonyl (C=O) groups excluding carboxylic acids is 1. The van der Waals surface area contributed by atoms with Gasteiger partial charge in [0, 0.05) is 0 Å². The van der Waals surface area contributed by atoms with E-state index in [1.807, 2.05) is 0 Å². The molecule has 0 aromatic rings. The van der Waals surface area contributed by atoms with Gasteiger partial charge in [-0.3, -0.25) is 14.4 Å². The van der Waals surface area contributed by atoms with Gasteiger partial charge in [-0.25, -0.2) is 0 Å². The van der Waals surface area contributed by atoms with E-state index >= 15 is 0 Å². The molecule has 0 saturated carbocycles. The summed E-state index contributed by atoms with van der Waals surface area (Å²) >= 11 is 0. The van der Waals surface area contributed by atoms with Gasteiger partial charge in [-0.05, 0) is 45.7 Å². The summed E-state index contributed by atoms with van der Waals surface area (Å²) in [5.41, 5.74) is 16.2. The standard InChI is InChI=1S/C10H21N3O4.C5H9NO2/c1-6(8(13)9(14)15)17-10(16)7(12)4-2-3-5-11;7-5(8)4-2-1-3-6-4/h6-8H,2-5,11-13H2,1H3,(H,14,15);4,6H,1-3H2,(H,7,8)/t6-,7+,8+;4-/m10/s1. The monoisotopic (exact) mass is 362 g/mol. The number of rotatable bonds is 9. The summed E-state index contributed by atoms with van der Waals surface area (Å²) in [7, 11) is 0. The van der Waals surface area contributed by atoms with Crippen LogP contribution in [0.3, 0.4) is 0 Å². The van der Waals surface area contributed by atoms with Gasteiger partial charge >= 0.3 is 17.9 Å². The normalized spacial score (nSPS) is 19.9. The van der Waals surface area contributed by atoms with Crippen LogP contribution in [0, 0.1) is 0 Å². The van der Waals surface area contributed by atoms with Crippen LogP contribution in [0.1, 0.15) is 39.0 Å². The Bertz CT molecular complexity index is 428.